The topological polar surface area (TPSA) is 59.2 Å². The lowest BCUT2D eigenvalue weighted by atomic mass is 10.0. The van der Waals surface area contributed by atoms with E-state index >= 15 is 0 Å². The van der Waals surface area contributed by atoms with E-state index < -0.39 is 21.8 Å². The van der Waals surface area contributed by atoms with Crippen LogP contribution in [0.15, 0.2) is 24.3 Å². The van der Waals surface area contributed by atoms with Crippen LogP contribution in [0.5, 0.6) is 0 Å². The van der Waals surface area contributed by atoms with Crippen molar-refractivity contribution in [3.05, 3.63) is 35.5 Å². The molecule has 0 unspecified atom stereocenters. The maximum Gasteiger partial charge on any atom is 0.315 e. The summed E-state index contributed by atoms with van der Waals surface area (Å²) in [5.41, 5.74) is 1.23. The molecule has 4 nitrogen and oxygen atoms in total. The normalized spacial score (nSPS) is 23.5. The van der Waals surface area contributed by atoms with Gasteiger partial charge in [0.1, 0.15) is 9.75 Å². The Hall–Kier alpha value is -1.52. The Morgan fingerprint density at radius 2 is 1.91 bits per heavy atom. The third-order valence-corrected chi connectivity index (χ3v) is 5.60. The zero-order valence-corrected chi connectivity index (χ0v) is 14.6. The lowest BCUT2D eigenvalue weighted by Crippen LogP contribution is -2.30. The molecule has 2 aromatic rings. The molecule has 3 rings (SSSR count). The Morgan fingerprint density at radius 3 is 2.52 bits per heavy atom. The summed E-state index contributed by atoms with van der Waals surface area (Å²) >= 11 is 12.0. The number of fused-ring (bicyclic) bond motifs is 1. The first-order valence-electron chi connectivity index (χ1n) is 7.38. The number of Topliss-reactive ketones (excluding diaryl/α,β-unsaturated/α-hetero) is 1. The lowest BCUT2D eigenvalue weighted by molar-refractivity contribution is -0.152. The number of rotatable bonds is 4. The van der Waals surface area contributed by atoms with Crippen molar-refractivity contribution >= 4 is 45.9 Å². The minimum atomic E-state index is -1.11. The Kier molecular flexibility index (Phi) is 3.73. The highest BCUT2D eigenvalue weighted by Crippen LogP contribution is 2.64. The van der Waals surface area contributed by atoms with Crippen LogP contribution in [0.25, 0.3) is 10.9 Å². The highest BCUT2D eigenvalue weighted by atomic mass is 35.5. The van der Waals surface area contributed by atoms with Crippen molar-refractivity contribution in [3.8, 4) is 0 Å². The van der Waals surface area contributed by atoms with Crippen LogP contribution in [0.3, 0.4) is 0 Å². The summed E-state index contributed by atoms with van der Waals surface area (Å²) in [6, 6.07) is 7.52. The standard InChI is InChI=1S/C17H17Cl2NO3/c1-9-13(11-6-4-5-7-12(11)20-9)14(21)10(2)23-15(22)16(3)8-17(16,18)19/h4-7,10,20H,8H2,1-3H3/t10-,16+/m1/s1. The molecule has 122 valence electrons. The highest BCUT2D eigenvalue weighted by Gasteiger charge is 2.69. The van der Waals surface area contributed by atoms with Crippen LogP contribution in [0, 0.1) is 12.3 Å². The molecular weight excluding hydrogens is 337 g/mol. The van der Waals surface area contributed by atoms with Crippen molar-refractivity contribution in [1.82, 2.24) is 4.98 Å². The van der Waals surface area contributed by atoms with E-state index in [0.717, 1.165) is 16.6 Å². The SMILES string of the molecule is Cc1[nH]c2ccccc2c1C(=O)[C@@H](C)OC(=O)[C@]1(C)CC1(Cl)Cl. The van der Waals surface area contributed by atoms with Gasteiger partial charge in [-0.15, -0.1) is 23.2 Å². The third-order valence-electron chi connectivity index (χ3n) is 4.50. The maximum absolute atomic E-state index is 12.7. The third kappa shape index (κ3) is 2.54. The molecule has 0 spiro atoms. The van der Waals surface area contributed by atoms with Crippen LogP contribution in [0.2, 0.25) is 0 Å². The minimum absolute atomic E-state index is 0.243. The van der Waals surface area contributed by atoms with E-state index in [1.807, 2.05) is 31.2 Å². The molecule has 1 saturated carbocycles. The van der Waals surface area contributed by atoms with Crippen molar-refractivity contribution < 1.29 is 14.3 Å². The quantitative estimate of drug-likeness (QED) is 0.509. The van der Waals surface area contributed by atoms with Gasteiger partial charge in [-0.3, -0.25) is 9.59 Å². The largest absolute Gasteiger partial charge is 0.454 e. The van der Waals surface area contributed by atoms with Gasteiger partial charge in [-0.2, -0.15) is 0 Å². The van der Waals surface area contributed by atoms with E-state index in [1.165, 1.54) is 0 Å². The molecule has 0 bridgehead atoms. The Bertz CT molecular complexity index is 811. The Balaban J connectivity index is 1.83. The number of benzene rings is 1. The number of nitrogens with one attached hydrogen (secondary N) is 1. The van der Waals surface area contributed by atoms with E-state index in [4.69, 9.17) is 27.9 Å². The van der Waals surface area contributed by atoms with Crippen molar-refractivity contribution in [2.45, 2.75) is 37.6 Å². The van der Waals surface area contributed by atoms with Crippen LogP contribution in [0.4, 0.5) is 0 Å². The molecule has 0 amide bonds. The van der Waals surface area contributed by atoms with E-state index in [0.29, 0.717) is 12.0 Å². The summed E-state index contributed by atoms with van der Waals surface area (Å²) in [5.74, 6) is -0.784. The van der Waals surface area contributed by atoms with Gasteiger partial charge >= 0.3 is 5.97 Å². The second kappa shape index (κ2) is 5.25. The first kappa shape index (κ1) is 16.3. The average Bonchev–Trinajstić information content (AvgIpc) is 2.85. The van der Waals surface area contributed by atoms with Gasteiger partial charge in [-0.25, -0.2) is 0 Å². The number of carbonyl (C=O) groups is 2. The fraction of sp³-hybridized carbons (Fsp3) is 0.412. The fourth-order valence-electron chi connectivity index (χ4n) is 2.76. The number of hydrogen-bond acceptors (Lipinski definition) is 3. The van der Waals surface area contributed by atoms with Crippen molar-refractivity contribution in [1.29, 1.82) is 0 Å². The summed E-state index contributed by atoms with van der Waals surface area (Å²) in [6.07, 6.45) is -0.573. The number of alkyl halides is 2. The Labute approximate surface area is 144 Å². The van der Waals surface area contributed by atoms with Gasteiger partial charge in [0.2, 0.25) is 5.78 Å². The summed E-state index contributed by atoms with van der Waals surface area (Å²) < 4.78 is 4.22. The van der Waals surface area contributed by atoms with E-state index in [-0.39, 0.29) is 5.78 Å². The molecule has 0 radical (unpaired) electrons. The molecule has 1 heterocycles. The maximum atomic E-state index is 12.7. The zero-order chi connectivity index (χ0) is 17.0. The number of esters is 1. The molecule has 1 fully saturated rings. The molecule has 6 heteroatoms. The van der Waals surface area contributed by atoms with Gasteiger partial charge in [-0.05, 0) is 26.8 Å². The first-order valence-corrected chi connectivity index (χ1v) is 8.13. The zero-order valence-electron chi connectivity index (χ0n) is 13.1. The molecule has 0 aliphatic heterocycles. The predicted octanol–water partition coefficient (Wildman–Crippen LogP) is 4.17. The van der Waals surface area contributed by atoms with Gasteiger partial charge in [-0.1, -0.05) is 18.2 Å². The number of hydrogen-bond donors (Lipinski definition) is 1. The van der Waals surface area contributed by atoms with Gasteiger partial charge in [0.15, 0.2) is 6.10 Å². The van der Waals surface area contributed by atoms with Crippen molar-refractivity contribution in [3.63, 3.8) is 0 Å². The summed E-state index contributed by atoms with van der Waals surface area (Å²) in [4.78, 5) is 28.1. The number of aromatic amines is 1. The number of aromatic nitrogens is 1. The van der Waals surface area contributed by atoms with Crippen LogP contribution in [-0.2, 0) is 9.53 Å². The summed E-state index contributed by atoms with van der Waals surface area (Å²) in [5, 5.41) is 0.819. The lowest BCUT2D eigenvalue weighted by Gasteiger charge is -2.16. The van der Waals surface area contributed by atoms with Gasteiger partial charge in [0, 0.05) is 28.6 Å². The smallest absolute Gasteiger partial charge is 0.315 e. The second-order valence-electron chi connectivity index (χ2n) is 6.30. The first-order chi connectivity index (χ1) is 10.7. The van der Waals surface area contributed by atoms with Crippen LogP contribution in [0.1, 0.15) is 36.3 Å². The number of para-hydroxylation sites is 1. The molecule has 1 aliphatic carbocycles. The molecule has 0 saturated heterocycles. The van der Waals surface area contributed by atoms with E-state index in [2.05, 4.69) is 4.98 Å². The van der Waals surface area contributed by atoms with Gasteiger partial charge < -0.3 is 9.72 Å². The van der Waals surface area contributed by atoms with Crippen molar-refractivity contribution in [2.75, 3.05) is 0 Å². The van der Waals surface area contributed by atoms with Gasteiger partial charge in [0.05, 0.1) is 0 Å². The molecule has 1 aliphatic rings. The fourth-order valence-corrected chi connectivity index (χ4v) is 3.45. The number of halogens is 2. The average molecular weight is 354 g/mol. The van der Waals surface area contributed by atoms with E-state index in [1.54, 1.807) is 13.8 Å². The van der Waals surface area contributed by atoms with Crippen LogP contribution in [-0.4, -0.2) is 27.2 Å². The molecule has 2 atom stereocenters. The monoisotopic (exact) mass is 353 g/mol. The molecule has 1 N–H and O–H groups in total. The Morgan fingerprint density at radius 1 is 1.30 bits per heavy atom. The van der Waals surface area contributed by atoms with Crippen molar-refractivity contribution in [2.24, 2.45) is 5.41 Å². The van der Waals surface area contributed by atoms with Gasteiger partial charge in [0.25, 0.3) is 0 Å². The predicted molar refractivity (Wildman–Crippen MR) is 90.1 cm³/mol. The second-order valence-corrected chi connectivity index (χ2v) is 7.78. The molecule has 1 aromatic heterocycles. The number of ketones is 1. The molecular formula is C17H17Cl2NO3. The highest BCUT2D eigenvalue weighted by molar-refractivity contribution is 6.53. The number of H-pyrrole nitrogens is 1. The number of carbonyl (C=O) groups excluding carboxylic acids is 2. The van der Waals surface area contributed by atoms with E-state index in [9.17, 15) is 9.59 Å². The summed E-state index contributed by atoms with van der Waals surface area (Å²) in [7, 11) is 0. The van der Waals surface area contributed by atoms with Crippen LogP contribution < -0.4 is 0 Å². The molecule has 1 aromatic carbocycles. The molecule has 23 heavy (non-hydrogen) atoms. The number of ether oxygens (including phenoxy) is 1. The number of aryl methyl sites for hydroxylation is 1. The summed E-state index contributed by atoms with van der Waals surface area (Å²) in [6.45, 7) is 5.04. The van der Waals surface area contributed by atoms with Crippen LogP contribution >= 0.6 is 23.2 Å². The minimum Gasteiger partial charge on any atom is -0.454 e.